The first-order valence-corrected chi connectivity index (χ1v) is 5.85. The summed E-state index contributed by atoms with van der Waals surface area (Å²) in [4.78, 5) is 1.92. The lowest BCUT2D eigenvalue weighted by atomic mass is 10.2. The monoisotopic (exact) mass is 218 g/mol. The van der Waals surface area contributed by atoms with E-state index in [4.69, 9.17) is 0 Å². The summed E-state index contributed by atoms with van der Waals surface area (Å²) in [6.45, 7) is 7.47. The highest BCUT2D eigenvalue weighted by molar-refractivity contribution is 5.74. The van der Waals surface area contributed by atoms with Gasteiger partial charge in [-0.05, 0) is 37.6 Å². The summed E-state index contributed by atoms with van der Waals surface area (Å²) in [5.74, 6) is 0. The first-order valence-electron chi connectivity index (χ1n) is 5.85. The van der Waals surface area contributed by atoms with E-state index in [-0.39, 0.29) is 0 Å². The van der Waals surface area contributed by atoms with Crippen molar-refractivity contribution in [3.05, 3.63) is 24.3 Å². The maximum atomic E-state index is 4.23. The number of nitrogens with zero attached hydrogens (tertiary/aromatic N) is 4. The van der Waals surface area contributed by atoms with Crippen LogP contribution in [0.25, 0.3) is 11.0 Å². The topological polar surface area (TPSA) is 34.0 Å². The van der Waals surface area contributed by atoms with Crippen molar-refractivity contribution in [3.8, 4) is 0 Å². The Bertz CT molecular complexity index is 463. The lowest BCUT2D eigenvalue weighted by molar-refractivity contribution is 0.458. The third-order valence-electron chi connectivity index (χ3n) is 3.00. The molecule has 0 saturated heterocycles. The maximum absolute atomic E-state index is 4.23. The summed E-state index contributed by atoms with van der Waals surface area (Å²) < 4.78 is 0. The summed E-state index contributed by atoms with van der Waals surface area (Å²) in [6.07, 6.45) is 1.10. The van der Waals surface area contributed by atoms with Crippen LogP contribution in [0.5, 0.6) is 0 Å². The quantitative estimate of drug-likeness (QED) is 0.788. The van der Waals surface area contributed by atoms with Crippen molar-refractivity contribution >= 4 is 11.0 Å². The third-order valence-corrected chi connectivity index (χ3v) is 3.00. The smallest absolute Gasteiger partial charge is 0.115 e. The van der Waals surface area contributed by atoms with Crippen LogP contribution in [-0.2, 0) is 0 Å². The zero-order valence-corrected chi connectivity index (χ0v) is 10.1. The van der Waals surface area contributed by atoms with Gasteiger partial charge in [0.1, 0.15) is 11.0 Å². The lowest BCUT2D eigenvalue weighted by Crippen LogP contribution is -2.42. The van der Waals surface area contributed by atoms with Gasteiger partial charge >= 0.3 is 0 Å². The Morgan fingerprint density at radius 2 is 2.06 bits per heavy atom. The van der Waals surface area contributed by atoms with E-state index < -0.39 is 0 Å². The van der Waals surface area contributed by atoms with Gasteiger partial charge in [0, 0.05) is 12.6 Å². The molecule has 0 saturated carbocycles. The Labute approximate surface area is 95.8 Å². The molecule has 1 unspecified atom stereocenters. The minimum Gasteiger partial charge on any atom is -0.292 e. The van der Waals surface area contributed by atoms with Crippen molar-refractivity contribution in [1.29, 1.82) is 0 Å². The summed E-state index contributed by atoms with van der Waals surface area (Å²) in [5.41, 5.74) is 2.02. The van der Waals surface area contributed by atoms with Crippen molar-refractivity contribution in [1.82, 2.24) is 15.1 Å². The standard InChI is InChI=1S/C12H18N4/c1-4-10(3)15(5-2)16-12-9-7-6-8-11(12)13-14-16/h6-10H,4-5H2,1-3H3. The predicted molar refractivity (Wildman–Crippen MR) is 66.0 cm³/mol. The van der Waals surface area contributed by atoms with Gasteiger partial charge in [-0.15, -0.1) is 5.10 Å². The molecule has 0 radical (unpaired) electrons. The predicted octanol–water partition coefficient (Wildman–Crippen LogP) is 2.19. The molecule has 2 aromatic rings. The van der Waals surface area contributed by atoms with Crippen LogP contribution in [-0.4, -0.2) is 27.7 Å². The van der Waals surface area contributed by atoms with Crippen LogP contribution in [0.15, 0.2) is 24.3 Å². The van der Waals surface area contributed by atoms with E-state index >= 15 is 0 Å². The molecule has 1 aromatic heterocycles. The van der Waals surface area contributed by atoms with E-state index in [1.165, 1.54) is 0 Å². The van der Waals surface area contributed by atoms with Crippen molar-refractivity contribution in [2.75, 3.05) is 11.6 Å². The first-order chi connectivity index (χ1) is 7.77. The van der Waals surface area contributed by atoms with Crippen LogP contribution in [0.2, 0.25) is 0 Å². The van der Waals surface area contributed by atoms with Crippen LogP contribution in [0.4, 0.5) is 0 Å². The second kappa shape index (κ2) is 4.51. The molecule has 4 nitrogen and oxygen atoms in total. The SMILES string of the molecule is CCC(C)N(CC)n1nnc2ccccc21. The third kappa shape index (κ3) is 1.75. The maximum Gasteiger partial charge on any atom is 0.115 e. The van der Waals surface area contributed by atoms with Crippen molar-refractivity contribution < 1.29 is 0 Å². The molecule has 1 heterocycles. The molecule has 86 valence electrons. The van der Waals surface area contributed by atoms with E-state index in [1.807, 2.05) is 23.0 Å². The average molecular weight is 218 g/mol. The number of fused-ring (bicyclic) bond motifs is 1. The Morgan fingerprint density at radius 3 is 2.75 bits per heavy atom. The van der Waals surface area contributed by atoms with E-state index in [0.29, 0.717) is 6.04 Å². The Balaban J connectivity index is 2.45. The number of hydrogen-bond donors (Lipinski definition) is 0. The molecule has 0 aliphatic carbocycles. The molecule has 0 aliphatic heterocycles. The van der Waals surface area contributed by atoms with Gasteiger partial charge in [0.2, 0.25) is 0 Å². The highest BCUT2D eigenvalue weighted by Gasteiger charge is 2.14. The fourth-order valence-corrected chi connectivity index (χ4v) is 1.89. The van der Waals surface area contributed by atoms with Gasteiger partial charge in [-0.1, -0.05) is 19.1 Å². The largest absolute Gasteiger partial charge is 0.292 e. The molecular weight excluding hydrogens is 200 g/mol. The Morgan fingerprint density at radius 1 is 1.31 bits per heavy atom. The van der Waals surface area contributed by atoms with Gasteiger partial charge in [0.15, 0.2) is 0 Å². The normalized spacial score (nSPS) is 12.9. The summed E-state index contributed by atoms with van der Waals surface area (Å²) >= 11 is 0. The van der Waals surface area contributed by atoms with Gasteiger partial charge < -0.3 is 0 Å². The Hall–Kier alpha value is -1.58. The molecule has 0 N–H and O–H groups in total. The Kier molecular flexibility index (Phi) is 3.08. The molecule has 0 spiro atoms. The minimum absolute atomic E-state index is 0.468. The van der Waals surface area contributed by atoms with Crippen molar-refractivity contribution in [3.63, 3.8) is 0 Å². The number of benzene rings is 1. The van der Waals surface area contributed by atoms with E-state index in [0.717, 1.165) is 24.0 Å². The van der Waals surface area contributed by atoms with Gasteiger partial charge in [0.25, 0.3) is 0 Å². The van der Waals surface area contributed by atoms with Crippen molar-refractivity contribution in [2.24, 2.45) is 0 Å². The van der Waals surface area contributed by atoms with Gasteiger partial charge in [0.05, 0.1) is 0 Å². The number of hydrogen-bond acceptors (Lipinski definition) is 3. The molecule has 16 heavy (non-hydrogen) atoms. The fraction of sp³-hybridized carbons (Fsp3) is 0.500. The highest BCUT2D eigenvalue weighted by atomic mass is 15.7. The molecule has 0 bridgehead atoms. The van der Waals surface area contributed by atoms with E-state index in [9.17, 15) is 0 Å². The van der Waals surface area contributed by atoms with Gasteiger partial charge in [-0.2, -0.15) is 4.79 Å². The van der Waals surface area contributed by atoms with Crippen LogP contribution in [0, 0.1) is 0 Å². The second-order valence-corrected chi connectivity index (χ2v) is 3.98. The van der Waals surface area contributed by atoms with E-state index in [1.54, 1.807) is 0 Å². The van der Waals surface area contributed by atoms with Gasteiger partial charge in [-0.3, -0.25) is 5.01 Å². The molecular formula is C12H18N4. The molecule has 0 aliphatic rings. The van der Waals surface area contributed by atoms with Gasteiger partial charge in [-0.25, -0.2) is 0 Å². The molecule has 0 amide bonds. The van der Waals surface area contributed by atoms with E-state index in [2.05, 4.69) is 42.2 Å². The lowest BCUT2D eigenvalue weighted by Gasteiger charge is -2.28. The number of aromatic nitrogens is 3. The van der Waals surface area contributed by atoms with Crippen LogP contribution < -0.4 is 5.01 Å². The first kappa shape index (κ1) is 10.9. The number of rotatable bonds is 4. The molecule has 2 rings (SSSR count). The van der Waals surface area contributed by atoms with Crippen LogP contribution >= 0.6 is 0 Å². The summed E-state index contributed by atoms with van der Waals surface area (Å²) in [7, 11) is 0. The van der Waals surface area contributed by atoms with Crippen molar-refractivity contribution in [2.45, 2.75) is 33.2 Å². The van der Waals surface area contributed by atoms with Crippen LogP contribution in [0.1, 0.15) is 27.2 Å². The second-order valence-electron chi connectivity index (χ2n) is 3.98. The fourth-order valence-electron chi connectivity index (χ4n) is 1.89. The molecule has 1 atom stereocenters. The summed E-state index contributed by atoms with van der Waals surface area (Å²) in [6, 6.07) is 8.52. The zero-order chi connectivity index (χ0) is 11.5. The average Bonchev–Trinajstić information content (AvgIpc) is 2.74. The molecule has 0 fully saturated rings. The highest BCUT2D eigenvalue weighted by Crippen LogP contribution is 2.12. The zero-order valence-electron chi connectivity index (χ0n) is 10.1. The minimum atomic E-state index is 0.468. The molecule has 4 heteroatoms. The van der Waals surface area contributed by atoms with Crippen LogP contribution in [0.3, 0.4) is 0 Å². The molecule has 1 aromatic carbocycles. The number of para-hydroxylation sites is 1. The summed E-state index contributed by atoms with van der Waals surface area (Å²) in [5, 5.41) is 10.6.